The molecule has 3 heteroatoms. The third-order valence-electron chi connectivity index (χ3n) is 1.20. The summed E-state index contributed by atoms with van der Waals surface area (Å²) in [7, 11) is 0. The van der Waals surface area contributed by atoms with Gasteiger partial charge in [-0.1, -0.05) is 0 Å². The van der Waals surface area contributed by atoms with Crippen LogP contribution in [-0.4, -0.2) is 16.6 Å². The van der Waals surface area contributed by atoms with E-state index in [9.17, 15) is 4.79 Å². The third-order valence-corrected chi connectivity index (χ3v) is 1.47. The number of allylic oxidation sites excluding steroid dienone is 1. The number of rotatable bonds is 3. The molecule has 1 heterocycles. The van der Waals surface area contributed by atoms with Gasteiger partial charge < -0.3 is 4.98 Å². The molecule has 0 unspecified atom stereocenters. The van der Waals surface area contributed by atoms with Gasteiger partial charge in [-0.15, -0.1) is 11.6 Å². The van der Waals surface area contributed by atoms with Crippen molar-refractivity contribution < 1.29 is 4.79 Å². The Morgan fingerprint density at radius 1 is 1.73 bits per heavy atom. The highest BCUT2D eigenvalue weighted by molar-refractivity contribution is 6.29. The molecule has 1 N–H and O–H groups in total. The van der Waals surface area contributed by atoms with Gasteiger partial charge >= 0.3 is 0 Å². The average molecular weight is 170 g/mol. The fourth-order valence-electron chi connectivity index (χ4n) is 0.675. The Morgan fingerprint density at radius 2 is 2.55 bits per heavy atom. The standard InChI is InChI=1S/C8H8ClNO/c9-6-8(11)4-3-7-2-1-5-10-7/h1-5,10H,6H2/b4-3+. The molecule has 1 aromatic heterocycles. The zero-order chi connectivity index (χ0) is 8.10. The van der Waals surface area contributed by atoms with Crippen LogP contribution in [-0.2, 0) is 4.79 Å². The molecule has 0 saturated heterocycles. The normalized spacial score (nSPS) is 10.6. The lowest BCUT2D eigenvalue weighted by atomic mass is 10.3. The summed E-state index contributed by atoms with van der Waals surface area (Å²) < 4.78 is 0. The monoisotopic (exact) mass is 169 g/mol. The fourth-order valence-corrected chi connectivity index (χ4v) is 0.764. The van der Waals surface area contributed by atoms with Crippen molar-refractivity contribution in [1.82, 2.24) is 4.98 Å². The number of halogens is 1. The first-order chi connectivity index (χ1) is 5.33. The zero-order valence-corrected chi connectivity index (χ0v) is 6.64. The van der Waals surface area contributed by atoms with E-state index >= 15 is 0 Å². The van der Waals surface area contributed by atoms with Gasteiger partial charge in [-0.05, 0) is 24.3 Å². The van der Waals surface area contributed by atoms with Crippen LogP contribution < -0.4 is 0 Å². The minimum atomic E-state index is -0.0822. The molecule has 1 rings (SSSR count). The number of hydrogen-bond donors (Lipinski definition) is 1. The van der Waals surface area contributed by atoms with Crippen molar-refractivity contribution in [2.75, 3.05) is 5.88 Å². The van der Waals surface area contributed by atoms with Gasteiger partial charge in [-0.2, -0.15) is 0 Å². The van der Waals surface area contributed by atoms with Crippen molar-refractivity contribution >= 4 is 23.5 Å². The maximum atomic E-state index is 10.7. The first kappa shape index (κ1) is 8.08. The predicted octanol–water partition coefficient (Wildman–Crippen LogP) is 1.84. The highest BCUT2D eigenvalue weighted by Gasteiger charge is 1.90. The average Bonchev–Trinajstić information content (AvgIpc) is 2.52. The second-order valence-electron chi connectivity index (χ2n) is 2.06. The maximum absolute atomic E-state index is 10.7. The Balaban J connectivity index is 2.55. The molecule has 58 valence electrons. The number of hydrogen-bond acceptors (Lipinski definition) is 1. The SMILES string of the molecule is O=C(/C=C/c1ccc[nH]1)CCl. The van der Waals surface area contributed by atoms with Crippen LogP contribution in [0.25, 0.3) is 6.08 Å². The summed E-state index contributed by atoms with van der Waals surface area (Å²) in [6.07, 6.45) is 4.95. The molecule has 2 nitrogen and oxygen atoms in total. The molecular weight excluding hydrogens is 162 g/mol. The van der Waals surface area contributed by atoms with E-state index in [1.54, 1.807) is 12.3 Å². The Morgan fingerprint density at radius 3 is 3.09 bits per heavy atom. The second kappa shape index (κ2) is 3.98. The summed E-state index contributed by atoms with van der Waals surface area (Å²) in [4.78, 5) is 13.6. The van der Waals surface area contributed by atoms with Crippen LogP contribution in [0.3, 0.4) is 0 Å². The van der Waals surface area contributed by atoms with E-state index in [-0.39, 0.29) is 11.7 Å². The van der Waals surface area contributed by atoms with Gasteiger partial charge in [0.05, 0.1) is 5.88 Å². The number of ketones is 1. The number of nitrogens with one attached hydrogen (secondary N) is 1. The largest absolute Gasteiger partial charge is 0.362 e. The highest BCUT2D eigenvalue weighted by atomic mass is 35.5. The number of aromatic amines is 1. The molecule has 0 aromatic carbocycles. The summed E-state index contributed by atoms with van der Waals surface area (Å²) >= 11 is 5.28. The van der Waals surface area contributed by atoms with Gasteiger partial charge in [-0.25, -0.2) is 0 Å². The molecule has 0 bridgehead atoms. The Labute approximate surface area is 69.9 Å². The quantitative estimate of drug-likeness (QED) is 0.544. The molecule has 11 heavy (non-hydrogen) atoms. The molecule has 0 fully saturated rings. The Bertz CT molecular complexity index is 251. The molecule has 0 saturated carbocycles. The van der Waals surface area contributed by atoms with Crippen molar-refractivity contribution in [3.05, 3.63) is 30.1 Å². The maximum Gasteiger partial charge on any atom is 0.170 e. The summed E-state index contributed by atoms with van der Waals surface area (Å²) in [6.45, 7) is 0. The molecular formula is C8H8ClNO. The molecule has 0 atom stereocenters. The van der Waals surface area contributed by atoms with Gasteiger partial charge in [0, 0.05) is 11.9 Å². The minimum Gasteiger partial charge on any atom is -0.362 e. The van der Waals surface area contributed by atoms with E-state index in [0.717, 1.165) is 5.69 Å². The van der Waals surface area contributed by atoms with Crippen LogP contribution >= 0.6 is 11.6 Å². The van der Waals surface area contributed by atoms with E-state index in [4.69, 9.17) is 11.6 Å². The lowest BCUT2D eigenvalue weighted by Gasteiger charge is -1.83. The van der Waals surface area contributed by atoms with Crippen molar-refractivity contribution in [2.24, 2.45) is 0 Å². The van der Waals surface area contributed by atoms with E-state index in [1.165, 1.54) is 6.08 Å². The topological polar surface area (TPSA) is 32.9 Å². The van der Waals surface area contributed by atoms with Crippen LogP contribution in [0.1, 0.15) is 5.69 Å². The van der Waals surface area contributed by atoms with Gasteiger partial charge in [0.15, 0.2) is 5.78 Å². The minimum absolute atomic E-state index is 0.0389. The molecule has 0 radical (unpaired) electrons. The van der Waals surface area contributed by atoms with Crippen LogP contribution in [0.2, 0.25) is 0 Å². The number of carbonyl (C=O) groups is 1. The molecule has 0 aliphatic heterocycles. The Hall–Kier alpha value is -1.02. The zero-order valence-electron chi connectivity index (χ0n) is 5.88. The number of H-pyrrole nitrogens is 1. The van der Waals surface area contributed by atoms with Crippen LogP contribution in [0.4, 0.5) is 0 Å². The lowest BCUT2D eigenvalue weighted by Crippen LogP contribution is -1.91. The van der Waals surface area contributed by atoms with Gasteiger partial charge in [0.1, 0.15) is 0 Å². The van der Waals surface area contributed by atoms with Gasteiger partial charge in [0.25, 0.3) is 0 Å². The van der Waals surface area contributed by atoms with Crippen molar-refractivity contribution in [2.45, 2.75) is 0 Å². The predicted molar refractivity (Wildman–Crippen MR) is 45.6 cm³/mol. The summed E-state index contributed by atoms with van der Waals surface area (Å²) in [5.41, 5.74) is 0.906. The first-order valence-electron chi connectivity index (χ1n) is 3.23. The Kier molecular flexibility index (Phi) is 2.93. The van der Waals surface area contributed by atoms with Crippen molar-refractivity contribution in [3.63, 3.8) is 0 Å². The van der Waals surface area contributed by atoms with Gasteiger partial charge in [-0.3, -0.25) is 4.79 Å². The molecule has 0 aliphatic rings. The number of alkyl halides is 1. The van der Waals surface area contributed by atoms with E-state index < -0.39 is 0 Å². The van der Waals surface area contributed by atoms with Gasteiger partial charge in [0.2, 0.25) is 0 Å². The smallest absolute Gasteiger partial charge is 0.170 e. The third kappa shape index (κ3) is 2.60. The van der Waals surface area contributed by atoms with Crippen LogP contribution in [0.15, 0.2) is 24.4 Å². The fraction of sp³-hybridized carbons (Fsp3) is 0.125. The molecule has 0 aliphatic carbocycles. The number of aromatic nitrogens is 1. The highest BCUT2D eigenvalue weighted by Crippen LogP contribution is 1.97. The van der Waals surface area contributed by atoms with Crippen molar-refractivity contribution in [3.8, 4) is 0 Å². The summed E-state index contributed by atoms with van der Waals surface area (Å²) in [5, 5.41) is 0. The summed E-state index contributed by atoms with van der Waals surface area (Å²) in [5.74, 6) is -0.0433. The molecule has 1 aromatic rings. The first-order valence-corrected chi connectivity index (χ1v) is 3.76. The lowest BCUT2D eigenvalue weighted by molar-refractivity contribution is -0.112. The molecule has 0 spiro atoms. The van der Waals surface area contributed by atoms with Crippen LogP contribution in [0, 0.1) is 0 Å². The van der Waals surface area contributed by atoms with Crippen LogP contribution in [0.5, 0.6) is 0 Å². The summed E-state index contributed by atoms with van der Waals surface area (Å²) in [6, 6.07) is 3.74. The van der Waals surface area contributed by atoms with E-state index in [0.29, 0.717) is 0 Å². The molecule has 0 amide bonds. The second-order valence-corrected chi connectivity index (χ2v) is 2.33. The van der Waals surface area contributed by atoms with Crippen molar-refractivity contribution in [1.29, 1.82) is 0 Å². The van der Waals surface area contributed by atoms with E-state index in [1.807, 2.05) is 12.1 Å². The number of carbonyl (C=O) groups excluding carboxylic acids is 1. The van der Waals surface area contributed by atoms with E-state index in [2.05, 4.69) is 4.98 Å².